The number of nitrogens with one attached hydrogen (secondary N) is 1. The number of nitrogens with zero attached hydrogens (tertiary/aromatic N) is 2. The van der Waals surface area contributed by atoms with Gasteiger partial charge in [-0.25, -0.2) is 0 Å². The van der Waals surface area contributed by atoms with Gasteiger partial charge in [-0.1, -0.05) is 13.0 Å². The molecule has 2 fully saturated rings. The minimum Gasteiger partial charge on any atom is -0.365 e. The first-order chi connectivity index (χ1) is 10.1. The number of fused-ring (bicyclic) bond motifs is 1. The topological polar surface area (TPSA) is 39.1 Å². The third kappa shape index (κ3) is 2.33. The van der Waals surface area contributed by atoms with Gasteiger partial charge >= 0.3 is 0 Å². The van der Waals surface area contributed by atoms with Crippen LogP contribution in [0, 0.1) is 23.2 Å². The summed E-state index contributed by atoms with van der Waals surface area (Å²) < 4.78 is 0. The third-order valence-electron chi connectivity index (χ3n) is 5.07. The van der Waals surface area contributed by atoms with Gasteiger partial charge in [-0.05, 0) is 43.6 Å². The predicted octanol–water partition coefficient (Wildman–Crippen LogP) is 3.10. The van der Waals surface area contributed by atoms with Crippen molar-refractivity contribution in [3.8, 4) is 6.07 Å². The highest BCUT2D eigenvalue weighted by Crippen LogP contribution is 2.45. The Morgan fingerprint density at radius 2 is 2.24 bits per heavy atom. The van der Waals surface area contributed by atoms with Crippen LogP contribution in [0.2, 0.25) is 0 Å². The summed E-state index contributed by atoms with van der Waals surface area (Å²) in [6.07, 6.45) is 0. The molecule has 2 heterocycles. The largest absolute Gasteiger partial charge is 0.365 e. The first-order valence-electron chi connectivity index (χ1n) is 7.73. The van der Waals surface area contributed by atoms with Crippen molar-refractivity contribution in [2.45, 2.75) is 31.2 Å². The fourth-order valence-corrected chi connectivity index (χ4v) is 4.74. The first-order valence-corrected chi connectivity index (χ1v) is 8.72. The number of thioether (sulfide) groups is 1. The van der Waals surface area contributed by atoms with Crippen molar-refractivity contribution >= 4 is 17.4 Å². The maximum Gasteiger partial charge on any atom is 0.103 e. The average molecular weight is 301 g/mol. The second-order valence-corrected chi connectivity index (χ2v) is 7.79. The monoisotopic (exact) mass is 301 g/mol. The van der Waals surface area contributed by atoms with Gasteiger partial charge in [-0.15, -0.1) is 11.8 Å². The maximum absolute atomic E-state index is 9.66. The highest BCUT2D eigenvalue weighted by molar-refractivity contribution is 7.99. The number of hydrogen-bond acceptors (Lipinski definition) is 4. The van der Waals surface area contributed by atoms with Crippen molar-refractivity contribution in [1.82, 2.24) is 5.32 Å². The summed E-state index contributed by atoms with van der Waals surface area (Å²) in [6.45, 7) is 10.0. The minimum absolute atomic E-state index is 0.106. The van der Waals surface area contributed by atoms with E-state index in [-0.39, 0.29) is 5.54 Å². The maximum atomic E-state index is 9.66. The summed E-state index contributed by atoms with van der Waals surface area (Å²) in [6, 6.07) is 8.74. The van der Waals surface area contributed by atoms with Gasteiger partial charge in [0.15, 0.2) is 0 Å². The second kappa shape index (κ2) is 5.55. The molecule has 2 aliphatic heterocycles. The molecule has 2 aliphatic rings. The van der Waals surface area contributed by atoms with E-state index < -0.39 is 0 Å². The van der Waals surface area contributed by atoms with Gasteiger partial charge in [0.1, 0.15) is 6.07 Å². The van der Waals surface area contributed by atoms with Gasteiger partial charge in [0.25, 0.3) is 0 Å². The van der Waals surface area contributed by atoms with Crippen molar-refractivity contribution < 1.29 is 0 Å². The Balaban J connectivity index is 2.01. The zero-order chi connectivity index (χ0) is 15.0. The zero-order valence-corrected chi connectivity index (χ0v) is 13.8. The molecule has 4 heteroatoms. The van der Waals surface area contributed by atoms with Crippen LogP contribution in [0.3, 0.4) is 0 Å². The number of hydrogen-bond donors (Lipinski definition) is 1. The Labute approximate surface area is 131 Å². The lowest BCUT2D eigenvalue weighted by molar-refractivity contribution is 0.357. The summed E-state index contributed by atoms with van der Waals surface area (Å²) in [7, 11) is 0. The van der Waals surface area contributed by atoms with Gasteiger partial charge < -0.3 is 10.2 Å². The van der Waals surface area contributed by atoms with Gasteiger partial charge in [-0.3, -0.25) is 0 Å². The second-order valence-electron chi connectivity index (χ2n) is 6.48. The van der Waals surface area contributed by atoms with Crippen LogP contribution in [0.15, 0.2) is 23.1 Å². The van der Waals surface area contributed by atoms with Crippen LogP contribution in [0.1, 0.15) is 26.3 Å². The van der Waals surface area contributed by atoms with E-state index in [2.05, 4.69) is 55.3 Å². The number of anilines is 1. The number of benzene rings is 1. The van der Waals surface area contributed by atoms with Crippen molar-refractivity contribution in [3.05, 3.63) is 23.8 Å². The summed E-state index contributed by atoms with van der Waals surface area (Å²) in [5.41, 5.74) is 2.08. The summed E-state index contributed by atoms with van der Waals surface area (Å²) in [4.78, 5) is 3.59. The van der Waals surface area contributed by atoms with E-state index in [0.717, 1.165) is 41.5 Å². The molecule has 3 rings (SSSR count). The molecule has 0 amide bonds. The lowest BCUT2D eigenvalue weighted by Crippen LogP contribution is -2.45. The SMILES string of the molecule is CCSc1cccc(N2CC3CNCC3C2(C)C)c1C#N. The van der Waals surface area contributed by atoms with Gasteiger partial charge in [0.2, 0.25) is 0 Å². The molecule has 0 saturated carbocycles. The molecule has 112 valence electrons. The molecule has 21 heavy (non-hydrogen) atoms. The Morgan fingerprint density at radius 3 is 2.90 bits per heavy atom. The summed E-state index contributed by atoms with van der Waals surface area (Å²) in [5, 5.41) is 13.2. The van der Waals surface area contributed by atoms with Crippen molar-refractivity contribution in [3.63, 3.8) is 0 Å². The van der Waals surface area contributed by atoms with Crippen LogP contribution >= 0.6 is 11.8 Å². The predicted molar refractivity (Wildman–Crippen MR) is 88.8 cm³/mol. The average Bonchev–Trinajstić information content (AvgIpc) is 3.01. The molecule has 2 unspecified atom stereocenters. The van der Waals surface area contributed by atoms with Crippen LogP contribution in [-0.4, -0.2) is 30.9 Å². The van der Waals surface area contributed by atoms with Crippen LogP contribution in [0.25, 0.3) is 0 Å². The lowest BCUT2D eigenvalue weighted by Gasteiger charge is -2.38. The molecular weight excluding hydrogens is 278 g/mol. The van der Waals surface area contributed by atoms with Crippen molar-refractivity contribution in [2.24, 2.45) is 11.8 Å². The Kier molecular flexibility index (Phi) is 3.90. The molecule has 1 aromatic carbocycles. The van der Waals surface area contributed by atoms with Crippen molar-refractivity contribution in [2.75, 3.05) is 30.3 Å². The third-order valence-corrected chi connectivity index (χ3v) is 6.01. The Morgan fingerprint density at radius 1 is 1.43 bits per heavy atom. The van der Waals surface area contributed by atoms with E-state index in [9.17, 15) is 5.26 Å². The van der Waals surface area contributed by atoms with Crippen LogP contribution in [0.5, 0.6) is 0 Å². The molecule has 1 N–H and O–H groups in total. The van der Waals surface area contributed by atoms with E-state index in [1.807, 2.05) is 0 Å². The molecule has 0 aromatic heterocycles. The number of rotatable bonds is 3. The minimum atomic E-state index is 0.106. The first kappa shape index (κ1) is 14.7. The summed E-state index contributed by atoms with van der Waals surface area (Å²) >= 11 is 1.76. The van der Waals surface area contributed by atoms with Gasteiger partial charge in [0, 0.05) is 30.1 Å². The Bertz CT molecular complexity index is 576. The molecule has 1 aromatic rings. The summed E-state index contributed by atoms with van der Waals surface area (Å²) in [5.74, 6) is 2.37. The fourth-order valence-electron chi connectivity index (χ4n) is 3.96. The lowest BCUT2D eigenvalue weighted by atomic mass is 9.84. The standard InChI is InChI=1S/C17H23N3S/c1-4-21-16-7-5-6-15(13(16)8-18)20-11-12-9-19-10-14(12)17(20,2)3/h5-7,12,14,19H,4,9-11H2,1-3H3. The van der Waals surface area contributed by atoms with Gasteiger partial charge in [0.05, 0.1) is 11.3 Å². The van der Waals surface area contributed by atoms with E-state index in [0.29, 0.717) is 11.8 Å². The molecule has 0 bridgehead atoms. The molecule has 3 nitrogen and oxygen atoms in total. The smallest absolute Gasteiger partial charge is 0.103 e. The zero-order valence-electron chi connectivity index (χ0n) is 13.0. The molecular formula is C17H23N3S. The molecule has 2 atom stereocenters. The van der Waals surface area contributed by atoms with Crippen LogP contribution in [0.4, 0.5) is 5.69 Å². The molecule has 0 radical (unpaired) electrons. The number of nitriles is 1. The van der Waals surface area contributed by atoms with E-state index >= 15 is 0 Å². The van der Waals surface area contributed by atoms with E-state index in [1.165, 1.54) is 0 Å². The van der Waals surface area contributed by atoms with E-state index in [4.69, 9.17) is 0 Å². The normalized spacial score (nSPS) is 26.7. The Hall–Kier alpha value is -1.18. The van der Waals surface area contributed by atoms with Crippen LogP contribution < -0.4 is 10.2 Å². The van der Waals surface area contributed by atoms with Gasteiger partial charge in [-0.2, -0.15) is 5.26 Å². The molecule has 2 saturated heterocycles. The molecule has 0 spiro atoms. The van der Waals surface area contributed by atoms with Crippen molar-refractivity contribution in [1.29, 1.82) is 5.26 Å². The molecule has 0 aliphatic carbocycles. The fraction of sp³-hybridized carbons (Fsp3) is 0.588. The quantitative estimate of drug-likeness (QED) is 0.871. The highest BCUT2D eigenvalue weighted by atomic mass is 32.2. The van der Waals surface area contributed by atoms with Crippen LogP contribution in [-0.2, 0) is 0 Å². The highest BCUT2D eigenvalue weighted by Gasteiger charge is 2.50. The van der Waals surface area contributed by atoms with E-state index in [1.54, 1.807) is 11.8 Å².